The number of piperidine rings is 1. The van der Waals surface area contributed by atoms with E-state index in [9.17, 15) is 24.3 Å². The van der Waals surface area contributed by atoms with E-state index >= 15 is 0 Å². The number of aliphatic hydroxyl groups is 1. The van der Waals surface area contributed by atoms with Gasteiger partial charge in [-0.15, -0.1) is 5.10 Å². The molecule has 1 aromatic carbocycles. The molecular formula is C21H23N7O5. The highest BCUT2D eigenvalue weighted by Crippen LogP contribution is 2.32. The fraction of sp³-hybridized carbons (Fsp3) is 0.429. The second kappa shape index (κ2) is 8.37. The molecule has 0 bridgehead atoms. The Bertz CT molecular complexity index is 1150. The van der Waals surface area contributed by atoms with Gasteiger partial charge in [0.25, 0.3) is 5.91 Å². The van der Waals surface area contributed by atoms with Gasteiger partial charge in [-0.3, -0.25) is 24.5 Å². The van der Waals surface area contributed by atoms with E-state index in [1.165, 1.54) is 9.58 Å². The van der Waals surface area contributed by atoms with Gasteiger partial charge in [0, 0.05) is 55.0 Å². The highest BCUT2D eigenvalue weighted by atomic mass is 16.3. The number of amides is 4. The van der Waals surface area contributed by atoms with Gasteiger partial charge in [0.15, 0.2) is 0 Å². The van der Waals surface area contributed by atoms with E-state index in [1.807, 2.05) is 0 Å². The third kappa shape index (κ3) is 3.98. The van der Waals surface area contributed by atoms with Crippen molar-refractivity contribution in [2.45, 2.75) is 44.0 Å². The molecule has 33 heavy (non-hydrogen) atoms. The maximum absolute atomic E-state index is 12.9. The number of anilines is 1. The Morgan fingerprint density at radius 3 is 2.85 bits per heavy atom. The molecular weight excluding hydrogens is 430 g/mol. The maximum Gasteiger partial charge on any atom is 0.255 e. The summed E-state index contributed by atoms with van der Waals surface area (Å²) in [4.78, 5) is 50.7. The van der Waals surface area contributed by atoms with Crippen molar-refractivity contribution in [3.05, 3.63) is 41.2 Å². The smallest absolute Gasteiger partial charge is 0.255 e. The molecule has 2 saturated heterocycles. The molecule has 2 fully saturated rings. The molecule has 0 radical (unpaired) electrons. The van der Waals surface area contributed by atoms with Crippen LogP contribution < -0.4 is 16.0 Å². The van der Waals surface area contributed by atoms with Crippen molar-refractivity contribution in [1.29, 1.82) is 0 Å². The van der Waals surface area contributed by atoms with Gasteiger partial charge in [0.1, 0.15) is 12.6 Å². The van der Waals surface area contributed by atoms with Gasteiger partial charge in [0.2, 0.25) is 17.7 Å². The third-order valence-electron chi connectivity index (χ3n) is 6.28. The Kier molecular flexibility index (Phi) is 5.38. The van der Waals surface area contributed by atoms with Gasteiger partial charge in [-0.2, -0.15) is 0 Å². The molecule has 3 aliphatic rings. The number of aromatic nitrogens is 3. The topological polar surface area (TPSA) is 159 Å². The molecule has 12 nitrogen and oxygen atoms in total. The van der Waals surface area contributed by atoms with E-state index in [0.29, 0.717) is 35.6 Å². The molecule has 5 rings (SSSR count). The zero-order valence-electron chi connectivity index (χ0n) is 17.7. The predicted molar refractivity (Wildman–Crippen MR) is 113 cm³/mol. The SMILES string of the molecule is O=C1CCC(N2Cc3c(NC(=O)Cn4cc([C@@H]5CNC[C@H]5O)nn4)cccc3C2=O)C(=O)N1. The number of benzene rings is 1. The molecule has 4 N–H and O–H groups in total. The van der Waals surface area contributed by atoms with Crippen LogP contribution in [0.4, 0.5) is 5.69 Å². The Hall–Kier alpha value is -3.64. The van der Waals surface area contributed by atoms with Gasteiger partial charge in [-0.25, -0.2) is 4.68 Å². The van der Waals surface area contributed by atoms with Crippen LogP contribution in [0.2, 0.25) is 0 Å². The van der Waals surface area contributed by atoms with E-state index < -0.39 is 18.1 Å². The van der Waals surface area contributed by atoms with Crippen molar-refractivity contribution in [2.75, 3.05) is 18.4 Å². The first-order chi connectivity index (χ1) is 15.9. The minimum absolute atomic E-state index is 0.0856. The Morgan fingerprint density at radius 1 is 1.24 bits per heavy atom. The number of hydrogen-bond donors (Lipinski definition) is 4. The zero-order valence-corrected chi connectivity index (χ0v) is 17.7. The minimum atomic E-state index is -0.722. The highest BCUT2D eigenvalue weighted by molar-refractivity contribution is 6.06. The summed E-state index contributed by atoms with van der Waals surface area (Å²) in [5.41, 5.74) is 2.14. The lowest BCUT2D eigenvalue weighted by molar-refractivity contribution is -0.137. The molecule has 0 aliphatic carbocycles. The molecule has 2 aromatic rings. The quantitative estimate of drug-likeness (QED) is 0.408. The summed E-state index contributed by atoms with van der Waals surface area (Å²) in [5, 5.41) is 26.2. The lowest BCUT2D eigenvalue weighted by atomic mass is 10.0. The normalized spacial score (nSPS) is 24.7. The standard InChI is InChI=1S/C21H23N7O5/c29-17-7-22-6-12(17)15-9-27(26-25-15)10-19(31)23-14-3-1-2-11-13(14)8-28(21(11)33)16-4-5-18(30)24-20(16)32/h1-3,9,12,16-17,22,29H,4-8,10H2,(H,23,31)(H,24,30,32)/t12-,16?,17+/m0/s1. The predicted octanol–water partition coefficient (Wildman–Crippen LogP) is -1.27. The number of hydrogen-bond acceptors (Lipinski definition) is 8. The zero-order chi connectivity index (χ0) is 23.1. The van der Waals surface area contributed by atoms with Crippen LogP contribution in [0.25, 0.3) is 0 Å². The fourth-order valence-electron chi connectivity index (χ4n) is 4.57. The molecule has 4 amide bonds. The molecule has 172 valence electrons. The average Bonchev–Trinajstić information content (AvgIpc) is 3.48. The monoisotopic (exact) mass is 453 g/mol. The average molecular weight is 453 g/mol. The van der Waals surface area contributed by atoms with E-state index in [1.54, 1.807) is 24.4 Å². The molecule has 1 aromatic heterocycles. The van der Waals surface area contributed by atoms with Crippen molar-refractivity contribution >= 4 is 29.3 Å². The molecule has 0 spiro atoms. The van der Waals surface area contributed by atoms with E-state index in [0.717, 1.165) is 0 Å². The Balaban J connectivity index is 1.27. The van der Waals surface area contributed by atoms with Gasteiger partial charge in [-0.1, -0.05) is 11.3 Å². The van der Waals surface area contributed by atoms with Crippen molar-refractivity contribution in [2.24, 2.45) is 0 Å². The number of fused-ring (bicyclic) bond motifs is 1. The molecule has 3 atom stereocenters. The molecule has 0 saturated carbocycles. The third-order valence-corrected chi connectivity index (χ3v) is 6.28. The van der Waals surface area contributed by atoms with E-state index in [4.69, 9.17) is 0 Å². The summed E-state index contributed by atoms with van der Waals surface area (Å²) in [5.74, 6) is -1.65. The van der Waals surface area contributed by atoms with Crippen LogP contribution in [0.1, 0.15) is 40.4 Å². The summed E-state index contributed by atoms with van der Waals surface area (Å²) in [6, 6.07) is 4.30. The number of carbonyl (C=O) groups is 4. The molecule has 3 aliphatic heterocycles. The summed E-state index contributed by atoms with van der Waals surface area (Å²) < 4.78 is 1.40. The van der Waals surface area contributed by atoms with Crippen LogP contribution in [0, 0.1) is 0 Å². The van der Waals surface area contributed by atoms with Crippen LogP contribution >= 0.6 is 0 Å². The van der Waals surface area contributed by atoms with Crippen molar-refractivity contribution in [1.82, 2.24) is 30.5 Å². The lowest BCUT2D eigenvalue weighted by Gasteiger charge is -2.29. The van der Waals surface area contributed by atoms with E-state index in [-0.39, 0.29) is 49.6 Å². The lowest BCUT2D eigenvalue weighted by Crippen LogP contribution is -2.52. The van der Waals surface area contributed by atoms with E-state index in [2.05, 4.69) is 26.3 Å². The first-order valence-electron chi connectivity index (χ1n) is 10.8. The van der Waals surface area contributed by atoms with Crippen LogP contribution in [-0.2, 0) is 27.5 Å². The van der Waals surface area contributed by atoms with Crippen molar-refractivity contribution in [3.63, 3.8) is 0 Å². The van der Waals surface area contributed by atoms with Crippen LogP contribution in [-0.4, -0.2) is 73.9 Å². The highest BCUT2D eigenvalue weighted by Gasteiger charge is 2.40. The maximum atomic E-state index is 12.9. The Morgan fingerprint density at radius 2 is 2.09 bits per heavy atom. The molecule has 1 unspecified atom stereocenters. The summed E-state index contributed by atoms with van der Waals surface area (Å²) in [6.45, 7) is 1.17. The number of imide groups is 1. The first kappa shape index (κ1) is 21.2. The van der Waals surface area contributed by atoms with Gasteiger partial charge < -0.3 is 20.6 Å². The van der Waals surface area contributed by atoms with Crippen LogP contribution in [0.15, 0.2) is 24.4 Å². The minimum Gasteiger partial charge on any atom is -0.391 e. The van der Waals surface area contributed by atoms with Crippen molar-refractivity contribution in [3.8, 4) is 0 Å². The van der Waals surface area contributed by atoms with Crippen LogP contribution in [0.3, 0.4) is 0 Å². The second-order valence-electron chi connectivity index (χ2n) is 8.45. The number of aliphatic hydroxyl groups excluding tert-OH is 1. The number of carbonyl (C=O) groups excluding carboxylic acids is 4. The summed E-state index contributed by atoms with van der Waals surface area (Å²) >= 11 is 0. The van der Waals surface area contributed by atoms with Gasteiger partial charge >= 0.3 is 0 Å². The Labute approximate surface area is 188 Å². The molecule has 4 heterocycles. The first-order valence-corrected chi connectivity index (χ1v) is 10.8. The van der Waals surface area contributed by atoms with Gasteiger partial charge in [-0.05, 0) is 18.6 Å². The molecule has 12 heteroatoms. The van der Waals surface area contributed by atoms with Crippen molar-refractivity contribution < 1.29 is 24.3 Å². The number of β-amino-alcohol motifs (C(OH)–C–C–N with tert-alkyl or cyclic N) is 1. The van der Waals surface area contributed by atoms with Crippen LogP contribution in [0.5, 0.6) is 0 Å². The number of nitrogens with zero attached hydrogens (tertiary/aromatic N) is 4. The number of nitrogens with one attached hydrogen (secondary N) is 3. The summed E-state index contributed by atoms with van der Waals surface area (Å²) in [7, 11) is 0. The fourth-order valence-corrected chi connectivity index (χ4v) is 4.57. The second-order valence-corrected chi connectivity index (χ2v) is 8.45. The number of rotatable bonds is 5. The summed E-state index contributed by atoms with van der Waals surface area (Å²) in [6.07, 6.45) is 1.55. The van der Waals surface area contributed by atoms with Gasteiger partial charge in [0.05, 0.1) is 11.8 Å². The largest absolute Gasteiger partial charge is 0.391 e.